The topological polar surface area (TPSA) is 63.7 Å². The van der Waals surface area contributed by atoms with Crippen molar-refractivity contribution in [3.05, 3.63) is 75.6 Å². The number of hydrogen-bond acceptors (Lipinski definition) is 6. The summed E-state index contributed by atoms with van der Waals surface area (Å²) >= 11 is 2.77. The molecule has 4 heterocycles. The summed E-state index contributed by atoms with van der Waals surface area (Å²) in [5.41, 5.74) is 0.461. The van der Waals surface area contributed by atoms with Crippen LogP contribution in [-0.2, 0) is 21.9 Å². The molecule has 0 aliphatic carbocycles. The molecule has 3 aromatic heterocycles. The van der Waals surface area contributed by atoms with Crippen molar-refractivity contribution < 1.29 is 18.4 Å². The quantitative estimate of drug-likeness (QED) is 0.609. The predicted octanol–water partition coefficient (Wildman–Crippen LogP) is 4.15. The number of hydrogen-bond donors (Lipinski definition) is 0. The zero-order chi connectivity index (χ0) is 17.2. The normalized spacial score (nSPS) is 14.8. The molecule has 3 aromatic rings. The maximum atomic E-state index is 12.9. The number of carbonyl (C=O) groups is 2. The second-order valence-corrected chi connectivity index (χ2v) is 7.26. The van der Waals surface area contributed by atoms with Crippen LogP contribution in [0.5, 0.6) is 0 Å². The fraction of sp³-hybridized carbons (Fsp3) is 0.111. The van der Waals surface area contributed by atoms with Crippen molar-refractivity contribution in [1.82, 2.24) is 4.90 Å². The number of nitrogens with zero attached hydrogens (tertiary/aromatic N) is 1. The maximum absolute atomic E-state index is 12.9. The summed E-state index contributed by atoms with van der Waals surface area (Å²) in [6, 6.07) is 10.9. The Morgan fingerprint density at radius 1 is 0.960 bits per heavy atom. The highest BCUT2D eigenvalue weighted by Gasteiger charge is 2.40. The molecule has 4 rings (SSSR count). The molecule has 1 aliphatic rings. The van der Waals surface area contributed by atoms with E-state index in [1.54, 1.807) is 24.5 Å². The Hall–Kier alpha value is -2.51. The fourth-order valence-corrected chi connectivity index (χ4v) is 4.42. The van der Waals surface area contributed by atoms with Crippen LogP contribution < -0.4 is 0 Å². The smallest absolute Gasteiger partial charge is 0.268 e. The highest BCUT2D eigenvalue weighted by molar-refractivity contribution is 8.03. The molecular formula is C18H13NO4S2. The summed E-state index contributed by atoms with van der Waals surface area (Å²) in [6.07, 6.45) is 3.12. The Balaban J connectivity index is 1.64. The molecule has 0 N–H and O–H groups in total. The number of thiophene rings is 1. The van der Waals surface area contributed by atoms with Crippen LogP contribution in [0.3, 0.4) is 0 Å². The van der Waals surface area contributed by atoms with Crippen LogP contribution in [0.25, 0.3) is 5.57 Å². The lowest BCUT2D eigenvalue weighted by Crippen LogP contribution is -2.30. The van der Waals surface area contributed by atoms with Crippen molar-refractivity contribution in [2.75, 3.05) is 0 Å². The molecule has 0 spiro atoms. The Labute approximate surface area is 151 Å². The van der Waals surface area contributed by atoms with Gasteiger partial charge >= 0.3 is 0 Å². The van der Waals surface area contributed by atoms with Crippen LogP contribution in [0.2, 0.25) is 0 Å². The van der Waals surface area contributed by atoms with Crippen molar-refractivity contribution in [3.63, 3.8) is 0 Å². The number of carbonyl (C=O) groups excluding carboxylic acids is 2. The van der Waals surface area contributed by atoms with Gasteiger partial charge < -0.3 is 8.83 Å². The minimum absolute atomic E-state index is 0.129. The van der Waals surface area contributed by atoms with Crippen LogP contribution in [-0.4, -0.2) is 16.7 Å². The number of thioether (sulfide) groups is 1. The standard InChI is InChI=1S/C18H13NO4S2/c20-17-15(14-6-3-9-24-14)16(25-11-13-5-2-8-23-13)18(21)19(17)10-12-4-1-7-22-12/h1-9H,10-11H2. The van der Waals surface area contributed by atoms with E-state index < -0.39 is 0 Å². The molecule has 0 unspecified atom stereocenters. The number of furan rings is 2. The number of imide groups is 1. The monoisotopic (exact) mass is 371 g/mol. The molecule has 5 nitrogen and oxygen atoms in total. The van der Waals surface area contributed by atoms with E-state index in [2.05, 4.69) is 0 Å². The first kappa shape index (κ1) is 16.0. The van der Waals surface area contributed by atoms with Gasteiger partial charge in [-0.05, 0) is 35.7 Å². The molecule has 0 bridgehead atoms. The second-order valence-electron chi connectivity index (χ2n) is 5.33. The summed E-state index contributed by atoms with van der Waals surface area (Å²) < 4.78 is 10.6. The van der Waals surface area contributed by atoms with E-state index in [0.717, 1.165) is 10.6 Å². The minimum Gasteiger partial charge on any atom is -0.468 e. The van der Waals surface area contributed by atoms with E-state index in [0.29, 0.717) is 22.0 Å². The minimum atomic E-state index is -0.290. The summed E-state index contributed by atoms with van der Waals surface area (Å²) in [6.45, 7) is 0.129. The molecule has 2 amide bonds. The van der Waals surface area contributed by atoms with Gasteiger partial charge in [0.25, 0.3) is 11.8 Å². The third-order valence-electron chi connectivity index (χ3n) is 3.73. The Bertz CT molecular complexity index is 909. The zero-order valence-corrected chi connectivity index (χ0v) is 14.6. The SMILES string of the molecule is O=C1C(SCc2ccco2)=C(c2cccs2)C(=O)N1Cc1ccco1. The molecule has 0 saturated carbocycles. The van der Waals surface area contributed by atoms with Crippen LogP contribution in [0.1, 0.15) is 16.4 Å². The third kappa shape index (κ3) is 3.08. The molecule has 7 heteroatoms. The largest absolute Gasteiger partial charge is 0.468 e. The van der Waals surface area contributed by atoms with Gasteiger partial charge in [-0.3, -0.25) is 14.5 Å². The van der Waals surface area contributed by atoms with Crippen molar-refractivity contribution >= 4 is 40.5 Å². The highest BCUT2D eigenvalue weighted by Crippen LogP contribution is 2.39. The third-order valence-corrected chi connectivity index (χ3v) is 5.71. The molecule has 1 aliphatic heterocycles. The molecule has 0 fully saturated rings. The Morgan fingerprint density at radius 2 is 1.72 bits per heavy atom. The van der Waals surface area contributed by atoms with Gasteiger partial charge in [0.15, 0.2) is 0 Å². The first-order valence-electron chi connectivity index (χ1n) is 7.56. The molecule has 0 aromatic carbocycles. The first-order chi connectivity index (χ1) is 12.2. The Morgan fingerprint density at radius 3 is 2.36 bits per heavy atom. The van der Waals surface area contributed by atoms with E-state index in [1.165, 1.54) is 34.3 Å². The lowest BCUT2D eigenvalue weighted by atomic mass is 10.2. The molecule has 0 radical (unpaired) electrons. The van der Waals surface area contributed by atoms with Gasteiger partial charge in [-0.15, -0.1) is 23.1 Å². The average Bonchev–Trinajstić information content (AvgIpc) is 3.39. The van der Waals surface area contributed by atoms with Crippen molar-refractivity contribution in [2.45, 2.75) is 12.3 Å². The van der Waals surface area contributed by atoms with Gasteiger partial charge in [0.05, 0.1) is 35.3 Å². The first-order valence-corrected chi connectivity index (χ1v) is 9.42. The highest BCUT2D eigenvalue weighted by atomic mass is 32.2. The number of amides is 2. The van der Waals surface area contributed by atoms with Gasteiger partial charge in [-0.1, -0.05) is 6.07 Å². The average molecular weight is 371 g/mol. The summed E-state index contributed by atoms with van der Waals surface area (Å²) in [5.74, 6) is 1.24. The zero-order valence-electron chi connectivity index (χ0n) is 13.0. The molecule has 0 atom stereocenters. The van der Waals surface area contributed by atoms with Crippen molar-refractivity contribution in [2.24, 2.45) is 0 Å². The summed E-state index contributed by atoms with van der Waals surface area (Å²) in [5, 5.41) is 1.89. The molecule has 0 saturated heterocycles. The van der Waals surface area contributed by atoms with Gasteiger partial charge in [0.2, 0.25) is 0 Å². The second kappa shape index (κ2) is 6.78. The number of rotatable bonds is 6. The molecule has 126 valence electrons. The summed E-state index contributed by atoms with van der Waals surface area (Å²) in [4.78, 5) is 28.2. The molecular weight excluding hydrogens is 358 g/mol. The van der Waals surface area contributed by atoms with Crippen LogP contribution in [0.15, 0.2) is 68.0 Å². The van der Waals surface area contributed by atoms with Gasteiger partial charge in [-0.25, -0.2) is 0 Å². The predicted molar refractivity (Wildman–Crippen MR) is 95.5 cm³/mol. The summed E-state index contributed by atoms with van der Waals surface area (Å²) in [7, 11) is 0. The van der Waals surface area contributed by atoms with Crippen LogP contribution >= 0.6 is 23.1 Å². The molecule has 25 heavy (non-hydrogen) atoms. The van der Waals surface area contributed by atoms with Crippen LogP contribution in [0, 0.1) is 0 Å². The van der Waals surface area contributed by atoms with Gasteiger partial charge in [-0.2, -0.15) is 0 Å². The van der Waals surface area contributed by atoms with Crippen molar-refractivity contribution in [3.8, 4) is 0 Å². The van der Waals surface area contributed by atoms with E-state index in [4.69, 9.17) is 8.83 Å². The van der Waals surface area contributed by atoms with Gasteiger partial charge in [0, 0.05) is 4.88 Å². The van der Waals surface area contributed by atoms with Crippen molar-refractivity contribution in [1.29, 1.82) is 0 Å². The van der Waals surface area contributed by atoms with Crippen LogP contribution in [0.4, 0.5) is 0 Å². The fourth-order valence-electron chi connectivity index (χ4n) is 2.57. The van der Waals surface area contributed by atoms with E-state index in [-0.39, 0.29) is 18.4 Å². The lowest BCUT2D eigenvalue weighted by molar-refractivity contribution is -0.137. The maximum Gasteiger partial charge on any atom is 0.268 e. The van der Waals surface area contributed by atoms with Gasteiger partial charge in [0.1, 0.15) is 11.5 Å². The van der Waals surface area contributed by atoms with E-state index in [1.807, 2.05) is 23.6 Å². The lowest BCUT2D eigenvalue weighted by Gasteiger charge is -2.13. The Kier molecular flexibility index (Phi) is 4.33. The van der Waals surface area contributed by atoms with E-state index >= 15 is 0 Å². The van der Waals surface area contributed by atoms with E-state index in [9.17, 15) is 9.59 Å².